The van der Waals surface area contributed by atoms with Crippen molar-refractivity contribution in [3.05, 3.63) is 60.1 Å². The summed E-state index contributed by atoms with van der Waals surface area (Å²) in [7, 11) is 0. The summed E-state index contributed by atoms with van der Waals surface area (Å²) in [6.45, 7) is 4.63. The van der Waals surface area contributed by atoms with Crippen LogP contribution in [0.5, 0.6) is 5.75 Å². The average molecular weight is 379 g/mol. The molecule has 7 heteroatoms. The summed E-state index contributed by atoms with van der Waals surface area (Å²) >= 11 is 0. The number of amides is 2. The molecule has 1 atom stereocenters. The third-order valence-corrected chi connectivity index (χ3v) is 5.23. The molecule has 28 heavy (non-hydrogen) atoms. The van der Waals surface area contributed by atoms with Gasteiger partial charge in [-0.05, 0) is 36.3 Å². The second kappa shape index (κ2) is 6.99. The number of phenolic OH excluding ortho intramolecular Hbond substituents is 1. The van der Waals surface area contributed by atoms with Crippen LogP contribution in [0, 0.1) is 11.7 Å². The van der Waals surface area contributed by atoms with E-state index in [9.17, 15) is 19.1 Å². The lowest BCUT2D eigenvalue weighted by Gasteiger charge is -2.20. The fourth-order valence-electron chi connectivity index (χ4n) is 3.75. The molecule has 6 nitrogen and oxygen atoms in total. The van der Waals surface area contributed by atoms with Gasteiger partial charge in [0.15, 0.2) is 0 Å². The van der Waals surface area contributed by atoms with Gasteiger partial charge in [-0.15, -0.1) is 0 Å². The largest absolute Gasteiger partial charge is 0.507 e. The monoisotopic (exact) mass is 379 g/mol. The summed E-state index contributed by atoms with van der Waals surface area (Å²) < 4.78 is 14.1. The van der Waals surface area contributed by atoms with Gasteiger partial charge in [0.2, 0.25) is 5.91 Å². The van der Waals surface area contributed by atoms with E-state index >= 15 is 0 Å². The van der Waals surface area contributed by atoms with Crippen LogP contribution in [-0.2, 0) is 11.2 Å². The maximum atomic E-state index is 14.1. The SMILES string of the molecule is C=CC(=O)N1CCC(C2=NC(=O)c3cc(-c4c(O)cccc4F)ncc3C2)C1. The molecule has 0 bridgehead atoms. The Balaban J connectivity index is 1.61. The second-order valence-electron chi connectivity index (χ2n) is 6.92. The number of carbonyl (C=O) groups excluding carboxylic acids is 2. The maximum Gasteiger partial charge on any atom is 0.277 e. The molecule has 0 radical (unpaired) electrons. The minimum atomic E-state index is -0.613. The number of carbonyl (C=O) groups is 2. The fourth-order valence-corrected chi connectivity index (χ4v) is 3.75. The van der Waals surface area contributed by atoms with Gasteiger partial charge < -0.3 is 10.0 Å². The number of fused-ring (bicyclic) bond motifs is 1. The molecule has 1 saturated heterocycles. The summed E-state index contributed by atoms with van der Waals surface area (Å²) in [6.07, 6.45) is 4.02. The second-order valence-corrected chi connectivity index (χ2v) is 6.92. The van der Waals surface area contributed by atoms with Gasteiger partial charge in [-0.1, -0.05) is 12.6 Å². The van der Waals surface area contributed by atoms with E-state index in [1.165, 1.54) is 36.5 Å². The molecule has 1 fully saturated rings. The van der Waals surface area contributed by atoms with Crippen LogP contribution in [-0.4, -0.2) is 45.6 Å². The van der Waals surface area contributed by atoms with Gasteiger partial charge in [0.1, 0.15) is 11.6 Å². The Labute approximate surface area is 161 Å². The summed E-state index contributed by atoms with van der Waals surface area (Å²) in [5.74, 6) is -1.36. The molecule has 2 aliphatic rings. The first-order valence-corrected chi connectivity index (χ1v) is 8.98. The van der Waals surface area contributed by atoms with Gasteiger partial charge in [0.05, 0.1) is 11.3 Å². The van der Waals surface area contributed by atoms with Crippen molar-refractivity contribution in [3.8, 4) is 17.0 Å². The molecule has 1 unspecified atom stereocenters. The van der Waals surface area contributed by atoms with Gasteiger partial charge in [-0.3, -0.25) is 14.6 Å². The Morgan fingerprint density at radius 2 is 2.21 bits per heavy atom. The van der Waals surface area contributed by atoms with Crippen LogP contribution in [0.25, 0.3) is 11.3 Å². The number of aliphatic imine (C=N–C) groups is 1. The molecular weight excluding hydrogens is 361 g/mol. The van der Waals surface area contributed by atoms with Crippen LogP contribution in [0.15, 0.2) is 48.1 Å². The normalized spacial score (nSPS) is 18.6. The molecule has 4 rings (SSSR count). The first-order chi connectivity index (χ1) is 13.5. The number of aromatic hydroxyl groups is 1. The quantitative estimate of drug-likeness (QED) is 0.832. The van der Waals surface area contributed by atoms with Crippen molar-refractivity contribution in [1.82, 2.24) is 9.88 Å². The summed E-state index contributed by atoms with van der Waals surface area (Å²) in [5.41, 5.74) is 1.95. The van der Waals surface area contributed by atoms with E-state index in [-0.39, 0.29) is 28.8 Å². The van der Waals surface area contributed by atoms with E-state index < -0.39 is 11.7 Å². The molecule has 2 aliphatic heterocycles. The number of nitrogens with zero attached hydrogens (tertiary/aromatic N) is 3. The van der Waals surface area contributed by atoms with E-state index in [4.69, 9.17) is 0 Å². The lowest BCUT2D eigenvalue weighted by Crippen LogP contribution is -2.30. The van der Waals surface area contributed by atoms with Crippen molar-refractivity contribution in [1.29, 1.82) is 0 Å². The van der Waals surface area contributed by atoms with Crippen LogP contribution in [0.3, 0.4) is 0 Å². The highest BCUT2D eigenvalue weighted by Crippen LogP contribution is 2.33. The number of rotatable bonds is 3. The van der Waals surface area contributed by atoms with E-state index in [0.717, 1.165) is 12.1 Å². The van der Waals surface area contributed by atoms with E-state index in [1.807, 2.05) is 0 Å². The molecule has 0 spiro atoms. The van der Waals surface area contributed by atoms with Gasteiger partial charge in [0, 0.05) is 42.9 Å². The number of aromatic nitrogens is 1. The van der Waals surface area contributed by atoms with Crippen molar-refractivity contribution in [2.24, 2.45) is 10.9 Å². The maximum absolute atomic E-state index is 14.1. The Bertz CT molecular complexity index is 1010. The van der Waals surface area contributed by atoms with Crippen LogP contribution in [0.1, 0.15) is 22.3 Å². The third-order valence-electron chi connectivity index (χ3n) is 5.23. The van der Waals surface area contributed by atoms with Gasteiger partial charge in [0.25, 0.3) is 5.91 Å². The number of hydrogen-bond acceptors (Lipinski definition) is 4. The van der Waals surface area contributed by atoms with Crippen molar-refractivity contribution in [2.75, 3.05) is 13.1 Å². The highest BCUT2D eigenvalue weighted by atomic mass is 19.1. The van der Waals surface area contributed by atoms with Crippen LogP contribution in [0.2, 0.25) is 0 Å². The topological polar surface area (TPSA) is 82.9 Å². The zero-order valence-corrected chi connectivity index (χ0v) is 15.1. The number of halogens is 1. The summed E-state index contributed by atoms with van der Waals surface area (Å²) in [6, 6.07) is 5.47. The standard InChI is InChI=1S/C21H18FN3O3/c1-2-19(27)25-7-6-12(11-25)16-8-13-10-23-17(9-14(13)21(28)24-16)20-15(22)4-3-5-18(20)26/h2-5,9-10,12,26H,1,6-8,11H2. The van der Waals surface area contributed by atoms with Crippen LogP contribution >= 0.6 is 0 Å². The number of hydrogen-bond donors (Lipinski definition) is 1. The molecule has 1 N–H and O–H groups in total. The smallest absolute Gasteiger partial charge is 0.277 e. The predicted molar refractivity (Wildman–Crippen MR) is 102 cm³/mol. The molecule has 1 aromatic carbocycles. The molecule has 2 aromatic rings. The summed E-state index contributed by atoms with van der Waals surface area (Å²) in [4.78, 5) is 34.6. The lowest BCUT2D eigenvalue weighted by molar-refractivity contribution is -0.125. The van der Waals surface area contributed by atoms with Gasteiger partial charge >= 0.3 is 0 Å². The van der Waals surface area contributed by atoms with Crippen LogP contribution in [0.4, 0.5) is 4.39 Å². The molecular formula is C21H18FN3O3. The minimum Gasteiger partial charge on any atom is -0.507 e. The molecule has 0 aliphatic carbocycles. The first kappa shape index (κ1) is 18.0. The zero-order valence-electron chi connectivity index (χ0n) is 15.1. The minimum absolute atomic E-state index is 0.0243. The number of phenols is 1. The highest BCUT2D eigenvalue weighted by molar-refractivity contribution is 6.10. The van der Waals surface area contributed by atoms with Crippen molar-refractivity contribution >= 4 is 17.5 Å². The van der Waals surface area contributed by atoms with Crippen molar-refractivity contribution in [2.45, 2.75) is 12.8 Å². The molecule has 3 heterocycles. The van der Waals surface area contributed by atoms with E-state index in [0.29, 0.717) is 30.6 Å². The van der Waals surface area contributed by atoms with Crippen molar-refractivity contribution in [3.63, 3.8) is 0 Å². The average Bonchev–Trinajstić information content (AvgIpc) is 3.18. The lowest BCUT2D eigenvalue weighted by atomic mass is 9.91. The molecule has 1 aromatic heterocycles. The van der Waals surface area contributed by atoms with Crippen molar-refractivity contribution < 1.29 is 19.1 Å². The van der Waals surface area contributed by atoms with E-state index in [1.54, 1.807) is 4.90 Å². The molecule has 0 saturated carbocycles. The van der Waals surface area contributed by atoms with Gasteiger partial charge in [-0.2, -0.15) is 0 Å². The summed E-state index contributed by atoms with van der Waals surface area (Å²) in [5, 5.41) is 9.96. The number of benzene rings is 1. The zero-order chi connectivity index (χ0) is 19.8. The number of likely N-dealkylation sites (tertiary alicyclic amines) is 1. The Morgan fingerprint density at radius 1 is 1.39 bits per heavy atom. The van der Waals surface area contributed by atoms with E-state index in [2.05, 4.69) is 16.6 Å². The molecule has 2 amide bonds. The third kappa shape index (κ3) is 3.09. The Kier molecular flexibility index (Phi) is 4.50. The predicted octanol–water partition coefficient (Wildman–Crippen LogP) is 2.77. The van der Waals surface area contributed by atoms with Crippen LogP contribution < -0.4 is 0 Å². The molecule has 142 valence electrons. The highest BCUT2D eigenvalue weighted by Gasteiger charge is 2.32. The fraction of sp³-hybridized carbons (Fsp3) is 0.238. The van der Waals surface area contributed by atoms with Gasteiger partial charge in [-0.25, -0.2) is 9.38 Å². The Morgan fingerprint density at radius 3 is 2.96 bits per heavy atom. The number of pyridine rings is 1. The Hall–Kier alpha value is -3.35. The first-order valence-electron chi connectivity index (χ1n) is 8.98.